The molecule has 2 fully saturated rings. The van der Waals surface area contributed by atoms with Gasteiger partial charge in [-0.1, -0.05) is 12.2 Å². The number of amides is 3. The van der Waals surface area contributed by atoms with E-state index in [1.807, 2.05) is 13.8 Å². The first-order chi connectivity index (χ1) is 10.6. The molecule has 22 heavy (non-hydrogen) atoms. The minimum atomic E-state index is -0.732. The van der Waals surface area contributed by atoms with Crippen molar-refractivity contribution >= 4 is 11.9 Å². The molecule has 3 rings (SSSR count). The molecule has 3 amide bonds. The number of urea groups is 1. The van der Waals surface area contributed by atoms with Crippen LogP contribution in [0, 0.1) is 5.92 Å². The molecule has 1 N–H and O–H groups in total. The van der Waals surface area contributed by atoms with Crippen molar-refractivity contribution < 1.29 is 9.59 Å². The molecule has 5 heteroatoms. The number of likely N-dealkylation sites (N-methyl/N-ethyl adjacent to an activating group) is 1. The number of hydrogen-bond acceptors (Lipinski definition) is 3. The summed E-state index contributed by atoms with van der Waals surface area (Å²) in [5.74, 6) is 0.149. The van der Waals surface area contributed by atoms with Crippen LogP contribution in [0.4, 0.5) is 4.79 Å². The summed E-state index contributed by atoms with van der Waals surface area (Å²) in [6.07, 6.45) is 10.3. The fraction of sp³-hybridized carbons (Fsp3) is 0.765. The first kappa shape index (κ1) is 15.5. The topological polar surface area (TPSA) is 52.7 Å². The summed E-state index contributed by atoms with van der Waals surface area (Å²) in [4.78, 5) is 28.5. The second-order valence-electron chi connectivity index (χ2n) is 6.94. The Bertz CT molecular complexity index is 490. The van der Waals surface area contributed by atoms with E-state index in [9.17, 15) is 9.59 Å². The van der Waals surface area contributed by atoms with Gasteiger partial charge in [-0.3, -0.25) is 14.6 Å². The van der Waals surface area contributed by atoms with E-state index < -0.39 is 5.54 Å². The zero-order chi connectivity index (χ0) is 15.7. The summed E-state index contributed by atoms with van der Waals surface area (Å²) in [5, 5.41) is 2.97. The molecular formula is C17H27N3O2. The highest BCUT2D eigenvalue weighted by molar-refractivity contribution is 6.07. The van der Waals surface area contributed by atoms with Crippen molar-refractivity contribution in [3.05, 3.63) is 12.2 Å². The largest absolute Gasteiger partial charge is 0.325 e. The quantitative estimate of drug-likeness (QED) is 0.642. The van der Waals surface area contributed by atoms with Crippen LogP contribution in [0.2, 0.25) is 0 Å². The summed E-state index contributed by atoms with van der Waals surface area (Å²) in [7, 11) is 0. The standard InChI is InChI=1S/C17H27N3O2/c1-3-20-15(21)17(2,18-16(20)22)13-8-7-11-19(12-13)14-9-5-4-6-10-14/h5,9,13-14H,3-4,6-8,10-12H2,1-2H3,(H,18,22). The lowest BCUT2D eigenvalue weighted by molar-refractivity contribution is -0.133. The van der Waals surface area contributed by atoms with Crippen molar-refractivity contribution in [3.63, 3.8) is 0 Å². The van der Waals surface area contributed by atoms with Crippen LogP contribution in [0.3, 0.4) is 0 Å². The molecule has 5 nitrogen and oxygen atoms in total. The Morgan fingerprint density at radius 2 is 2.14 bits per heavy atom. The van der Waals surface area contributed by atoms with Crippen LogP contribution in [-0.2, 0) is 4.79 Å². The van der Waals surface area contributed by atoms with E-state index in [2.05, 4.69) is 22.4 Å². The van der Waals surface area contributed by atoms with Gasteiger partial charge in [-0.25, -0.2) is 4.79 Å². The van der Waals surface area contributed by atoms with Crippen LogP contribution in [-0.4, -0.2) is 53.0 Å². The fourth-order valence-corrected chi connectivity index (χ4v) is 4.16. The molecular weight excluding hydrogens is 278 g/mol. The Hall–Kier alpha value is -1.36. The monoisotopic (exact) mass is 305 g/mol. The maximum atomic E-state index is 12.7. The highest BCUT2D eigenvalue weighted by Crippen LogP contribution is 2.34. The minimum absolute atomic E-state index is 0.0500. The van der Waals surface area contributed by atoms with Gasteiger partial charge in [-0.15, -0.1) is 0 Å². The number of likely N-dealkylation sites (tertiary alicyclic amines) is 1. The third-order valence-corrected chi connectivity index (χ3v) is 5.58. The Morgan fingerprint density at radius 3 is 2.77 bits per heavy atom. The number of nitrogens with one attached hydrogen (secondary N) is 1. The van der Waals surface area contributed by atoms with Crippen LogP contribution in [0.25, 0.3) is 0 Å². The number of allylic oxidation sites excluding steroid dienone is 1. The smallest absolute Gasteiger partial charge is 0.323 e. The number of carbonyl (C=O) groups excluding carboxylic acids is 2. The van der Waals surface area contributed by atoms with Gasteiger partial charge in [0.15, 0.2) is 0 Å². The average Bonchev–Trinajstić information content (AvgIpc) is 2.78. The van der Waals surface area contributed by atoms with E-state index in [0.29, 0.717) is 12.6 Å². The van der Waals surface area contributed by atoms with Crippen molar-refractivity contribution in [3.8, 4) is 0 Å². The van der Waals surface area contributed by atoms with E-state index in [-0.39, 0.29) is 17.9 Å². The molecule has 3 aliphatic rings. The van der Waals surface area contributed by atoms with Gasteiger partial charge >= 0.3 is 6.03 Å². The number of hydrogen-bond donors (Lipinski definition) is 1. The lowest BCUT2D eigenvalue weighted by atomic mass is 9.79. The predicted molar refractivity (Wildman–Crippen MR) is 85.4 cm³/mol. The van der Waals surface area contributed by atoms with Crippen molar-refractivity contribution in [2.75, 3.05) is 19.6 Å². The highest BCUT2D eigenvalue weighted by Gasteiger charge is 2.52. The molecule has 0 aromatic heterocycles. The van der Waals surface area contributed by atoms with Crippen LogP contribution in [0.1, 0.15) is 46.0 Å². The maximum Gasteiger partial charge on any atom is 0.325 e. The lowest BCUT2D eigenvalue weighted by Crippen LogP contribution is -2.57. The summed E-state index contributed by atoms with van der Waals surface area (Å²) in [5.41, 5.74) is -0.732. The minimum Gasteiger partial charge on any atom is -0.323 e. The second-order valence-corrected chi connectivity index (χ2v) is 6.94. The number of piperidine rings is 1. The third kappa shape index (κ3) is 2.56. The van der Waals surface area contributed by atoms with Crippen LogP contribution >= 0.6 is 0 Å². The SMILES string of the molecule is CCN1C(=O)NC(C)(C2CCCN(C3C=CCCC3)C2)C1=O. The van der Waals surface area contributed by atoms with Gasteiger partial charge in [0.1, 0.15) is 5.54 Å². The molecule has 1 aliphatic carbocycles. The molecule has 122 valence electrons. The maximum absolute atomic E-state index is 12.7. The Kier molecular flexibility index (Phi) is 4.26. The molecule has 0 bridgehead atoms. The van der Waals surface area contributed by atoms with E-state index >= 15 is 0 Å². The van der Waals surface area contributed by atoms with Crippen molar-refractivity contribution in [1.29, 1.82) is 0 Å². The summed E-state index contributed by atoms with van der Waals surface area (Å²) in [6.45, 7) is 6.20. The molecule has 3 unspecified atom stereocenters. The predicted octanol–water partition coefficient (Wildman–Crippen LogP) is 2.14. The average molecular weight is 305 g/mol. The summed E-state index contributed by atoms with van der Waals surface area (Å²) >= 11 is 0. The lowest BCUT2D eigenvalue weighted by Gasteiger charge is -2.42. The molecule has 0 saturated carbocycles. The highest BCUT2D eigenvalue weighted by atomic mass is 16.2. The molecule has 2 aliphatic heterocycles. The normalized spacial score (nSPS) is 36.7. The van der Waals surface area contributed by atoms with Gasteiger partial charge in [-0.2, -0.15) is 0 Å². The van der Waals surface area contributed by atoms with Crippen LogP contribution in [0.15, 0.2) is 12.2 Å². The fourth-order valence-electron chi connectivity index (χ4n) is 4.16. The zero-order valence-electron chi connectivity index (χ0n) is 13.7. The van der Waals surface area contributed by atoms with Gasteiger partial charge in [0, 0.05) is 25.0 Å². The van der Waals surface area contributed by atoms with Crippen molar-refractivity contribution in [2.45, 2.75) is 57.5 Å². The molecule has 0 radical (unpaired) electrons. The van der Waals surface area contributed by atoms with Crippen molar-refractivity contribution in [1.82, 2.24) is 15.1 Å². The molecule has 0 spiro atoms. The van der Waals surface area contributed by atoms with Crippen LogP contribution < -0.4 is 5.32 Å². The zero-order valence-corrected chi connectivity index (χ0v) is 13.7. The van der Waals surface area contributed by atoms with E-state index in [1.165, 1.54) is 24.2 Å². The second kappa shape index (κ2) is 6.03. The van der Waals surface area contributed by atoms with E-state index in [4.69, 9.17) is 0 Å². The number of nitrogens with zero attached hydrogens (tertiary/aromatic N) is 2. The number of carbonyl (C=O) groups is 2. The van der Waals surface area contributed by atoms with Gasteiger partial charge < -0.3 is 5.32 Å². The van der Waals surface area contributed by atoms with Gasteiger partial charge in [-0.05, 0) is 52.5 Å². The van der Waals surface area contributed by atoms with E-state index in [1.54, 1.807) is 0 Å². The Labute approximate surface area is 132 Å². The first-order valence-corrected chi connectivity index (χ1v) is 8.61. The summed E-state index contributed by atoms with van der Waals surface area (Å²) in [6, 6.07) is 0.277. The molecule has 0 aromatic carbocycles. The molecule has 0 aromatic rings. The summed E-state index contributed by atoms with van der Waals surface area (Å²) < 4.78 is 0. The van der Waals surface area contributed by atoms with Crippen LogP contribution in [0.5, 0.6) is 0 Å². The molecule has 3 atom stereocenters. The Morgan fingerprint density at radius 1 is 1.32 bits per heavy atom. The first-order valence-electron chi connectivity index (χ1n) is 8.61. The molecule has 2 saturated heterocycles. The van der Waals surface area contributed by atoms with E-state index in [0.717, 1.165) is 25.9 Å². The Balaban J connectivity index is 1.74. The van der Waals surface area contributed by atoms with Gasteiger partial charge in [0.25, 0.3) is 5.91 Å². The molecule has 2 heterocycles. The van der Waals surface area contributed by atoms with Gasteiger partial charge in [0.05, 0.1) is 0 Å². The van der Waals surface area contributed by atoms with Gasteiger partial charge in [0.2, 0.25) is 0 Å². The third-order valence-electron chi connectivity index (χ3n) is 5.58. The number of rotatable bonds is 3. The number of imide groups is 1. The van der Waals surface area contributed by atoms with Crippen molar-refractivity contribution in [2.24, 2.45) is 5.92 Å².